The summed E-state index contributed by atoms with van der Waals surface area (Å²) in [6.45, 7) is -1.56. The van der Waals surface area contributed by atoms with Gasteiger partial charge in [0.2, 0.25) is 0 Å². The van der Waals surface area contributed by atoms with Crippen molar-refractivity contribution in [2.45, 2.75) is 13.5 Å². The molecule has 0 aliphatic rings. The highest BCUT2D eigenvalue weighted by molar-refractivity contribution is 9.10. The second-order valence-electron chi connectivity index (χ2n) is 5.74. The summed E-state index contributed by atoms with van der Waals surface area (Å²) in [5.74, 6) is 0.142. The number of anilines is 1. The number of hydrogen-bond donors (Lipinski definition) is 1. The molecule has 0 spiro atoms. The van der Waals surface area contributed by atoms with E-state index in [2.05, 4.69) is 26.0 Å². The Labute approximate surface area is 163 Å². The molecule has 0 aliphatic heterocycles. The van der Waals surface area contributed by atoms with Crippen LogP contribution in [0.1, 0.15) is 5.56 Å². The van der Waals surface area contributed by atoms with Crippen molar-refractivity contribution < 1.29 is 23.0 Å². The highest BCUT2D eigenvalue weighted by Crippen LogP contribution is 2.33. The van der Waals surface area contributed by atoms with Crippen molar-refractivity contribution in [1.82, 2.24) is 0 Å². The zero-order chi connectivity index (χ0) is 19.4. The Morgan fingerprint density at radius 2 is 1.85 bits per heavy atom. The van der Waals surface area contributed by atoms with Crippen LogP contribution in [0.25, 0.3) is 10.8 Å². The third-order valence-electron chi connectivity index (χ3n) is 3.96. The largest absolute Gasteiger partial charge is 0.483 e. The molecule has 0 atom stereocenters. The molecule has 1 N–H and O–H groups in total. The molecule has 27 heavy (non-hydrogen) atoms. The number of carbonyl (C=O) groups is 1. The van der Waals surface area contributed by atoms with Crippen LogP contribution in [-0.4, -0.2) is 19.1 Å². The van der Waals surface area contributed by atoms with Gasteiger partial charge in [-0.2, -0.15) is 8.78 Å². The average molecular weight is 436 g/mol. The van der Waals surface area contributed by atoms with E-state index in [-0.39, 0.29) is 12.4 Å². The number of ether oxygens (including phenoxy) is 2. The molecule has 0 radical (unpaired) electrons. The van der Waals surface area contributed by atoms with Gasteiger partial charge in [0.1, 0.15) is 11.5 Å². The first-order chi connectivity index (χ1) is 13.0. The molecule has 140 valence electrons. The molecule has 7 heteroatoms. The predicted octanol–water partition coefficient (Wildman–Crippen LogP) is 5.53. The van der Waals surface area contributed by atoms with Gasteiger partial charge in [-0.25, -0.2) is 0 Å². The van der Waals surface area contributed by atoms with Crippen molar-refractivity contribution in [1.29, 1.82) is 0 Å². The molecule has 0 aromatic heterocycles. The van der Waals surface area contributed by atoms with Crippen LogP contribution in [0.2, 0.25) is 0 Å². The molecule has 3 aromatic carbocycles. The van der Waals surface area contributed by atoms with Crippen molar-refractivity contribution in [2.75, 3.05) is 11.9 Å². The molecule has 1 amide bonds. The van der Waals surface area contributed by atoms with E-state index in [9.17, 15) is 13.6 Å². The Balaban J connectivity index is 1.68. The van der Waals surface area contributed by atoms with Crippen LogP contribution < -0.4 is 14.8 Å². The maximum Gasteiger partial charge on any atom is 0.387 e. The number of carbonyl (C=O) groups excluding carboxylic acids is 1. The molecule has 0 unspecified atom stereocenters. The van der Waals surface area contributed by atoms with Crippen LogP contribution in [0, 0.1) is 6.92 Å². The van der Waals surface area contributed by atoms with Crippen LogP contribution in [0.4, 0.5) is 14.5 Å². The van der Waals surface area contributed by atoms with Crippen LogP contribution in [0.5, 0.6) is 11.5 Å². The van der Waals surface area contributed by atoms with Crippen molar-refractivity contribution in [3.63, 3.8) is 0 Å². The number of halogens is 3. The van der Waals surface area contributed by atoms with Crippen molar-refractivity contribution in [2.24, 2.45) is 0 Å². The third kappa shape index (κ3) is 4.54. The molecule has 0 aliphatic carbocycles. The lowest BCUT2D eigenvalue weighted by molar-refractivity contribution is -0.118. The lowest BCUT2D eigenvalue weighted by Gasteiger charge is -2.14. The van der Waals surface area contributed by atoms with E-state index in [1.165, 1.54) is 12.1 Å². The number of rotatable bonds is 6. The molecule has 4 nitrogen and oxygen atoms in total. The number of nitrogens with one attached hydrogen (secondary N) is 1. The van der Waals surface area contributed by atoms with E-state index in [0.717, 1.165) is 15.2 Å². The van der Waals surface area contributed by atoms with Crippen LogP contribution in [-0.2, 0) is 4.79 Å². The fourth-order valence-electron chi connectivity index (χ4n) is 2.63. The van der Waals surface area contributed by atoms with Gasteiger partial charge in [0.05, 0.1) is 4.47 Å². The molecule has 3 aromatic rings. The topological polar surface area (TPSA) is 47.6 Å². The molecule has 0 saturated heterocycles. The second kappa shape index (κ2) is 8.35. The Hall–Kier alpha value is -2.67. The van der Waals surface area contributed by atoms with Gasteiger partial charge >= 0.3 is 6.61 Å². The van der Waals surface area contributed by atoms with Gasteiger partial charge in [-0.1, -0.05) is 36.4 Å². The Morgan fingerprint density at radius 3 is 2.63 bits per heavy atom. The number of alkyl halides is 2. The molecular formula is C20H16BrF2NO3. The number of amides is 1. The lowest BCUT2D eigenvalue weighted by atomic mass is 10.1. The fourth-order valence-corrected chi connectivity index (χ4v) is 3.24. The number of fused-ring (bicyclic) bond motifs is 1. The number of benzene rings is 3. The summed E-state index contributed by atoms with van der Waals surface area (Å²) >= 11 is 3.50. The molecule has 0 fully saturated rings. The van der Waals surface area contributed by atoms with Gasteiger partial charge in [0, 0.05) is 11.3 Å². The van der Waals surface area contributed by atoms with Gasteiger partial charge in [-0.05, 0) is 51.8 Å². The molecule has 0 heterocycles. The quantitative estimate of drug-likeness (QED) is 0.553. The van der Waals surface area contributed by atoms with E-state index in [1.807, 2.05) is 30.3 Å². The molecule has 0 saturated carbocycles. The maximum absolute atomic E-state index is 12.4. The van der Waals surface area contributed by atoms with E-state index >= 15 is 0 Å². The molecule has 3 rings (SSSR count). The Kier molecular flexibility index (Phi) is 5.91. The maximum atomic E-state index is 12.4. The van der Waals surface area contributed by atoms with Crippen molar-refractivity contribution in [3.8, 4) is 11.5 Å². The van der Waals surface area contributed by atoms with Crippen LogP contribution in [0.15, 0.2) is 59.1 Å². The van der Waals surface area contributed by atoms with Gasteiger partial charge in [-0.3, -0.25) is 4.79 Å². The normalized spacial score (nSPS) is 10.9. The first-order valence-electron chi connectivity index (χ1n) is 8.10. The smallest absolute Gasteiger partial charge is 0.387 e. The van der Waals surface area contributed by atoms with Crippen LogP contribution in [0.3, 0.4) is 0 Å². The number of hydrogen-bond acceptors (Lipinski definition) is 3. The first kappa shape index (κ1) is 19.1. The van der Waals surface area contributed by atoms with Gasteiger partial charge in [-0.15, -0.1) is 0 Å². The van der Waals surface area contributed by atoms with Gasteiger partial charge in [0.25, 0.3) is 5.91 Å². The predicted molar refractivity (Wildman–Crippen MR) is 104 cm³/mol. The summed E-state index contributed by atoms with van der Waals surface area (Å²) in [4.78, 5) is 12.2. The summed E-state index contributed by atoms with van der Waals surface area (Å²) < 4.78 is 35.6. The van der Waals surface area contributed by atoms with Gasteiger partial charge in [0.15, 0.2) is 6.61 Å². The van der Waals surface area contributed by atoms with Crippen molar-refractivity contribution >= 4 is 38.3 Å². The third-order valence-corrected chi connectivity index (χ3v) is 4.78. The van der Waals surface area contributed by atoms with E-state index in [0.29, 0.717) is 17.0 Å². The standard InChI is InChI=1S/C20H16BrF2NO3/c1-12-15(7-4-8-16(12)27-20(22)23)24-18(25)11-26-17-10-9-13-5-2-3-6-14(13)19(17)21/h2-10,20H,11H2,1H3,(H,24,25). The first-order valence-corrected chi connectivity index (χ1v) is 8.89. The monoisotopic (exact) mass is 435 g/mol. The minimum Gasteiger partial charge on any atom is -0.483 e. The zero-order valence-electron chi connectivity index (χ0n) is 14.3. The lowest BCUT2D eigenvalue weighted by Crippen LogP contribution is -2.21. The minimum atomic E-state index is -2.93. The van der Waals surface area contributed by atoms with Crippen molar-refractivity contribution in [3.05, 3.63) is 64.6 Å². The minimum absolute atomic E-state index is 0.0148. The summed E-state index contributed by atoms with van der Waals surface area (Å²) in [7, 11) is 0. The van der Waals surface area contributed by atoms with E-state index < -0.39 is 12.5 Å². The fraction of sp³-hybridized carbons (Fsp3) is 0.150. The average Bonchev–Trinajstić information content (AvgIpc) is 2.64. The summed E-state index contributed by atoms with van der Waals surface area (Å²) in [6.07, 6.45) is 0. The van der Waals surface area contributed by atoms with E-state index in [1.54, 1.807) is 19.1 Å². The van der Waals surface area contributed by atoms with Crippen LogP contribution >= 0.6 is 15.9 Å². The molecule has 0 bridgehead atoms. The van der Waals surface area contributed by atoms with E-state index in [4.69, 9.17) is 4.74 Å². The summed E-state index contributed by atoms with van der Waals surface area (Å²) in [5.41, 5.74) is 0.803. The summed E-state index contributed by atoms with van der Waals surface area (Å²) in [5, 5.41) is 4.67. The SMILES string of the molecule is Cc1c(NC(=O)COc2ccc3ccccc3c2Br)cccc1OC(F)F. The second-order valence-corrected chi connectivity index (χ2v) is 6.54. The van der Waals surface area contributed by atoms with Gasteiger partial charge < -0.3 is 14.8 Å². The Bertz CT molecular complexity index is 979. The summed E-state index contributed by atoms with van der Waals surface area (Å²) in [6, 6.07) is 16.0. The highest BCUT2D eigenvalue weighted by Gasteiger charge is 2.13. The molecular weight excluding hydrogens is 420 g/mol. The highest BCUT2D eigenvalue weighted by atomic mass is 79.9. The Morgan fingerprint density at radius 1 is 1.07 bits per heavy atom. The zero-order valence-corrected chi connectivity index (χ0v) is 15.9.